The van der Waals surface area contributed by atoms with Crippen LogP contribution in [-0.4, -0.2) is 22.4 Å². The van der Waals surface area contributed by atoms with E-state index in [0.29, 0.717) is 12.0 Å². The summed E-state index contributed by atoms with van der Waals surface area (Å²) in [6.45, 7) is 9.97. The summed E-state index contributed by atoms with van der Waals surface area (Å²) in [5, 5.41) is 8.13. The van der Waals surface area contributed by atoms with Gasteiger partial charge in [0.2, 0.25) is 0 Å². The number of aromatic nitrogens is 2. The van der Waals surface area contributed by atoms with Crippen LogP contribution in [0.2, 0.25) is 0 Å². The molecule has 3 nitrogen and oxygen atoms in total. The van der Waals surface area contributed by atoms with Crippen molar-refractivity contribution in [2.24, 2.45) is 13.0 Å². The lowest BCUT2D eigenvalue weighted by Gasteiger charge is -2.21. The summed E-state index contributed by atoms with van der Waals surface area (Å²) in [6, 6.07) is 0.627. The molecule has 1 rings (SSSR count). The average molecular weight is 330 g/mol. The second-order valence-electron chi connectivity index (χ2n) is 5.48. The smallest absolute Gasteiger partial charge is 0.0766 e. The average Bonchev–Trinajstić information content (AvgIpc) is 2.64. The minimum atomic E-state index is 0.627. The van der Waals surface area contributed by atoms with E-state index >= 15 is 0 Å². The fourth-order valence-electron chi connectivity index (χ4n) is 2.51. The van der Waals surface area contributed by atoms with Gasteiger partial charge in [0, 0.05) is 13.1 Å². The molecule has 0 aromatic carbocycles. The highest BCUT2D eigenvalue weighted by Gasteiger charge is 2.15. The van der Waals surface area contributed by atoms with Crippen molar-refractivity contribution in [3.05, 3.63) is 15.9 Å². The van der Waals surface area contributed by atoms with Gasteiger partial charge in [-0.3, -0.25) is 4.68 Å². The van der Waals surface area contributed by atoms with Crippen LogP contribution in [0.15, 0.2) is 4.47 Å². The van der Waals surface area contributed by atoms with E-state index in [-0.39, 0.29) is 0 Å². The molecule has 0 aliphatic carbocycles. The van der Waals surface area contributed by atoms with Crippen molar-refractivity contribution in [2.75, 3.05) is 6.54 Å². The zero-order valence-corrected chi connectivity index (χ0v) is 14.5. The first-order valence-electron chi connectivity index (χ1n) is 7.44. The predicted octanol–water partition coefficient (Wildman–Crippen LogP) is 3.70. The van der Waals surface area contributed by atoms with Crippen molar-refractivity contribution in [3.8, 4) is 0 Å². The second kappa shape index (κ2) is 8.05. The number of nitrogens with zero attached hydrogens (tertiary/aromatic N) is 2. The van der Waals surface area contributed by atoms with Gasteiger partial charge in [-0.25, -0.2) is 0 Å². The zero-order chi connectivity index (χ0) is 14.4. The molecule has 0 saturated heterocycles. The third-order valence-corrected chi connectivity index (χ3v) is 4.62. The number of aryl methyl sites for hydroxylation is 2. The van der Waals surface area contributed by atoms with Gasteiger partial charge < -0.3 is 5.32 Å². The Morgan fingerprint density at radius 1 is 1.32 bits per heavy atom. The van der Waals surface area contributed by atoms with Crippen molar-refractivity contribution in [1.29, 1.82) is 0 Å². The molecule has 0 amide bonds. The van der Waals surface area contributed by atoms with Crippen LogP contribution in [0.5, 0.6) is 0 Å². The zero-order valence-electron chi connectivity index (χ0n) is 13.0. The lowest BCUT2D eigenvalue weighted by molar-refractivity contribution is 0.375. The Balaban J connectivity index is 2.55. The molecule has 19 heavy (non-hydrogen) atoms. The first-order valence-corrected chi connectivity index (χ1v) is 8.24. The Hall–Kier alpha value is -0.350. The molecule has 1 unspecified atom stereocenters. The summed E-state index contributed by atoms with van der Waals surface area (Å²) in [6.07, 6.45) is 4.51. The minimum Gasteiger partial charge on any atom is -0.314 e. The van der Waals surface area contributed by atoms with E-state index in [0.717, 1.165) is 19.4 Å². The van der Waals surface area contributed by atoms with Crippen LogP contribution in [-0.2, 0) is 19.9 Å². The molecule has 1 N–H and O–H groups in total. The van der Waals surface area contributed by atoms with Crippen LogP contribution in [0.3, 0.4) is 0 Å². The highest BCUT2D eigenvalue weighted by molar-refractivity contribution is 9.10. The van der Waals surface area contributed by atoms with Crippen molar-refractivity contribution in [3.63, 3.8) is 0 Å². The molecule has 4 heteroatoms. The molecule has 1 aromatic heterocycles. The lowest BCUT2D eigenvalue weighted by atomic mass is 9.98. The van der Waals surface area contributed by atoms with Gasteiger partial charge in [0.25, 0.3) is 0 Å². The molecule has 0 aliphatic rings. The number of hydrogen-bond acceptors (Lipinski definition) is 2. The van der Waals surface area contributed by atoms with E-state index < -0.39 is 0 Å². The topological polar surface area (TPSA) is 29.9 Å². The molecule has 0 fully saturated rings. The Morgan fingerprint density at radius 3 is 2.47 bits per heavy atom. The van der Waals surface area contributed by atoms with Crippen molar-refractivity contribution in [2.45, 2.75) is 59.4 Å². The maximum atomic E-state index is 4.55. The van der Waals surface area contributed by atoms with Crippen LogP contribution in [0.25, 0.3) is 0 Å². The van der Waals surface area contributed by atoms with Crippen LogP contribution < -0.4 is 5.32 Å². The number of nitrogens with one attached hydrogen (secondary N) is 1. The maximum Gasteiger partial charge on any atom is 0.0766 e. The SMILES string of the molecule is CCNC(CCCc1c(Br)c(CC)nn1C)C(C)C. The van der Waals surface area contributed by atoms with Gasteiger partial charge in [-0.1, -0.05) is 27.7 Å². The summed E-state index contributed by atoms with van der Waals surface area (Å²) >= 11 is 3.69. The molecule has 1 heterocycles. The van der Waals surface area contributed by atoms with Gasteiger partial charge in [-0.05, 0) is 54.1 Å². The highest BCUT2D eigenvalue weighted by Crippen LogP contribution is 2.23. The fraction of sp³-hybridized carbons (Fsp3) is 0.800. The molecular formula is C15H28BrN3. The van der Waals surface area contributed by atoms with Gasteiger partial charge >= 0.3 is 0 Å². The molecule has 0 radical (unpaired) electrons. The van der Waals surface area contributed by atoms with Crippen molar-refractivity contribution < 1.29 is 0 Å². The summed E-state index contributed by atoms with van der Waals surface area (Å²) in [5.74, 6) is 0.695. The fourth-order valence-corrected chi connectivity index (χ4v) is 3.33. The van der Waals surface area contributed by atoms with Gasteiger partial charge in [-0.2, -0.15) is 5.10 Å². The Kier molecular flexibility index (Phi) is 7.08. The number of rotatable bonds is 8. The third-order valence-electron chi connectivity index (χ3n) is 3.70. The summed E-state index contributed by atoms with van der Waals surface area (Å²) < 4.78 is 3.24. The van der Waals surface area contributed by atoms with Gasteiger partial charge in [0.1, 0.15) is 0 Å². The largest absolute Gasteiger partial charge is 0.314 e. The predicted molar refractivity (Wildman–Crippen MR) is 85.5 cm³/mol. The highest BCUT2D eigenvalue weighted by atomic mass is 79.9. The maximum absolute atomic E-state index is 4.55. The van der Waals surface area contributed by atoms with E-state index in [2.05, 4.69) is 54.0 Å². The van der Waals surface area contributed by atoms with Crippen molar-refractivity contribution >= 4 is 15.9 Å². The van der Waals surface area contributed by atoms with Crippen molar-refractivity contribution in [1.82, 2.24) is 15.1 Å². The van der Waals surface area contributed by atoms with E-state index in [4.69, 9.17) is 0 Å². The lowest BCUT2D eigenvalue weighted by Crippen LogP contribution is -2.33. The van der Waals surface area contributed by atoms with E-state index in [1.54, 1.807) is 0 Å². The van der Waals surface area contributed by atoms with Crippen LogP contribution in [0, 0.1) is 5.92 Å². The van der Waals surface area contributed by atoms with E-state index in [1.165, 1.54) is 28.7 Å². The number of halogens is 1. The monoisotopic (exact) mass is 329 g/mol. The first kappa shape index (κ1) is 16.7. The second-order valence-corrected chi connectivity index (χ2v) is 6.28. The third kappa shape index (κ3) is 4.60. The molecule has 1 atom stereocenters. The molecule has 0 saturated carbocycles. The van der Waals surface area contributed by atoms with Crippen LogP contribution in [0.4, 0.5) is 0 Å². The quantitative estimate of drug-likeness (QED) is 0.788. The molecular weight excluding hydrogens is 302 g/mol. The van der Waals surface area contributed by atoms with E-state index in [1.807, 2.05) is 11.7 Å². The molecule has 0 spiro atoms. The standard InChI is InChI=1S/C15H28BrN3/c1-6-12-15(16)14(19(5)18-12)10-8-9-13(11(3)4)17-7-2/h11,13,17H,6-10H2,1-5H3. The first-order chi connectivity index (χ1) is 9.01. The van der Waals surface area contributed by atoms with Crippen LogP contribution in [0.1, 0.15) is 51.9 Å². The Morgan fingerprint density at radius 2 is 2.00 bits per heavy atom. The normalized spacial score (nSPS) is 13.2. The van der Waals surface area contributed by atoms with Gasteiger partial charge in [0.15, 0.2) is 0 Å². The Bertz CT molecular complexity index is 385. The molecule has 0 aliphatic heterocycles. The minimum absolute atomic E-state index is 0.627. The van der Waals surface area contributed by atoms with Gasteiger partial charge in [-0.15, -0.1) is 0 Å². The van der Waals surface area contributed by atoms with Gasteiger partial charge in [0.05, 0.1) is 15.9 Å². The Labute approximate surface area is 126 Å². The van der Waals surface area contributed by atoms with Crippen LogP contribution >= 0.6 is 15.9 Å². The molecule has 0 bridgehead atoms. The summed E-state index contributed by atoms with van der Waals surface area (Å²) in [4.78, 5) is 0. The molecule has 1 aromatic rings. The summed E-state index contributed by atoms with van der Waals surface area (Å²) in [5.41, 5.74) is 2.50. The molecule has 110 valence electrons. The summed E-state index contributed by atoms with van der Waals surface area (Å²) in [7, 11) is 2.05. The van der Waals surface area contributed by atoms with E-state index in [9.17, 15) is 0 Å². The number of hydrogen-bond donors (Lipinski definition) is 1.